The third-order valence-electron chi connectivity index (χ3n) is 4.98. The molecule has 0 radical (unpaired) electrons. The molecule has 1 aliphatic heterocycles. The number of esters is 1. The maximum Gasteiger partial charge on any atom is 0.329 e. The molecule has 31 heavy (non-hydrogen) atoms. The van der Waals surface area contributed by atoms with Gasteiger partial charge >= 0.3 is 5.97 Å². The predicted molar refractivity (Wildman–Crippen MR) is 111 cm³/mol. The Morgan fingerprint density at radius 1 is 1.00 bits per heavy atom. The standard InChI is InChI=1S/C23H21N3O5/c1-15(26-21(28)18-11-6-7-12-19(18)22(26)29)23(30)31-16(2)20(27)25(14-8-13-24)17-9-4-3-5-10-17/h3-7,9-12,15-16H,8,14H2,1-2H3/t15-,16-/m0/s1. The highest BCUT2D eigenvalue weighted by Crippen LogP contribution is 2.25. The summed E-state index contributed by atoms with van der Waals surface area (Å²) in [5, 5.41) is 8.90. The minimum absolute atomic E-state index is 0.104. The third-order valence-corrected chi connectivity index (χ3v) is 4.98. The Morgan fingerprint density at radius 3 is 2.10 bits per heavy atom. The highest BCUT2D eigenvalue weighted by molar-refractivity contribution is 6.22. The van der Waals surface area contributed by atoms with Gasteiger partial charge < -0.3 is 9.64 Å². The van der Waals surface area contributed by atoms with Gasteiger partial charge in [0.25, 0.3) is 17.7 Å². The van der Waals surface area contributed by atoms with Gasteiger partial charge in [0, 0.05) is 12.2 Å². The normalized spacial score (nSPS) is 14.4. The van der Waals surface area contributed by atoms with E-state index in [4.69, 9.17) is 10.00 Å². The van der Waals surface area contributed by atoms with E-state index in [0.29, 0.717) is 5.69 Å². The van der Waals surface area contributed by atoms with Crippen molar-refractivity contribution < 1.29 is 23.9 Å². The summed E-state index contributed by atoms with van der Waals surface area (Å²) in [6, 6.07) is 15.8. The van der Waals surface area contributed by atoms with Crippen molar-refractivity contribution in [1.29, 1.82) is 5.26 Å². The lowest BCUT2D eigenvalue weighted by Crippen LogP contribution is -2.47. The predicted octanol–water partition coefficient (Wildman–Crippen LogP) is 2.55. The Kier molecular flexibility index (Phi) is 6.46. The number of fused-ring (bicyclic) bond motifs is 1. The number of hydrogen-bond acceptors (Lipinski definition) is 6. The molecule has 158 valence electrons. The number of nitriles is 1. The van der Waals surface area contributed by atoms with E-state index in [-0.39, 0.29) is 24.1 Å². The first-order valence-electron chi connectivity index (χ1n) is 9.77. The lowest BCUT2D eigenvalue weighted by atomic mass is 10.1. The molecule has 0 saturated heterocycles. The number of amides is 3. The van der Waals surface area contributed by atoms with Crippen molar-refractivity contribution >= 4 is 29.4 Å². The fourth-order valence-electron chi connectivity index (χ4n) is 3.34. The summed E-state index contributed by atoms with van der Waals surface area (Å²) in [7, 11) is 0. The van der Waals surface area contributed by atoms with Gasteiger partial charge in [0.2, 0.25) is 0 Å². The molecule has 8 heteroatoms. The minimum atomic E-state index is -1.20. The summed E-state index contributed by atoms with van der Waals surface area (Å²) in [5.74, 6) is -2.54. The van der Waals surface area contributed by atoms with Gasteiger partial charge in [0.1, 0.15) is 6.04 Å². The van der Waals surface area contributed by atoms with Crippen molar-refractivity contribution in [3.05, 3.63) is 65.7 Å². The van der Waals surface area contributed by atoms with E-state index in [9.17, 15) is 19.2 Å². The maximum atomic E-state index is 12.9. The Bertz CT molecular complexity index is 1030. The van der Waals surface area contributed by atoms with Crippen LogP contribution in [-0.2, 0) is 14.3 Å². The number of imide groups is 1. The molecule has 3 amide bonds. The van der Waals surface area contributed by atoms with Gasteiger partial charge in [-0.15, -0.1) is 0 Å². The van der Waals surface area contributed by atoms with E-state index in [2.05, 4.69) is 0 Å². The van der Waals surface area contributed by atoms with Crippen LogP contribution in [0.2, 0.25) is 0 Å². The number of nitrogens with zero attached hydrogens (tertiary/aromatic N) is 3. The van der Waals surface area contributed by atoms with E-state index in [1.54, 1.807) is 42.5 Å². The molecule has 2 atom stereocenters. The zero-order chi connectivity index (χ0) is 22.5. The monoisotopic (exact) mass is 419 g/mol. The second kappa shape index (κ2) is 9.22. The fraction of sp³-hybridized carbons (Fsp3) is 0.261. The molecule has 1 heterocycles. The van der Waals surface area contributed by atoms with Crippen LogP contribution in [0.1, 0.15) is 41.0 Å². The zero-order valence-corrected chi connectivity index (χ0v) is 17.1. The molecule has 2 aromatic rings. The Labute approximate surface area is 179 Å². The fourth-order valence-corrected chi connectivity index (χ4v) is 3.34. The van der Waals surface area contributed by atoms with Crippen LogP contribution < -0.4 is 4.90 Å². The van der Waals surface area contributed by atoms with Crippen molar-refractivity contribution in [1.82, 2.24) is 4.90 Å². The molecule has 3 rings (SSSR count). The van der Waals surface area contributed by atoms with Crippen molar-refractivity contribution in [3.63, 3.8) is 0 Å². The molecule has 0 bridgehead atoms. The average molecular weight is 419 g/mol. The number of carbonyl (C=O) groups excluding carboxylic acids is 4. The quantitative estimate of drug-likeness (QED) is 0.504. The van der Waals surface area contributed by atoms with Crippen molar-refractivity contribution in [2.24, 2.45) is 0 Å². The van der Waals surface area contributed by atoms with Gasteiger partial charge in [-0.3, -0.25) is 19.3 Å². The number of hydrogen-bond donors (Lipinski definition) is 0. The van der Waals surface area contributed by atoms with Crippen LogP contribution in [0.4, 0.5) is 5.69 Å². The number of anilines is 1. The number of rotatable bonds is 7. The highest BCUT2D eigenvalue weighted by atomic mass is 16.5. The van der Waals surface area contributed by atoms with Crippen LogP contribution in [0.3, 0.4) is 0 Å². The van der Waals surface area contributed by atoms with Crippen molar-refractivity contribution in [2.75, 3.05) is 11.4 Å². The van der Waals surface area contributed by atoms with Crippen LogP contribution in [0.15, 0.2) is 54.6 Å². The molecule has 0 fully saturated rings. The topological polar surface area (TPSA) is 108 Å². The van der Waals surface area contributed by atoms with Crippen LogP contribution in [0.5, 0.6) is 0 Å². The molecule has 1 aliphatic rings. The van der Waals surface area contributed by atoms with Crippen molar-refractivity contribution in [2.45, 2.75) is 32.4 Å². The second-order valence-corrected chi connectivity index (χ2v) is 7.01. The van der Waals surface area contributed by atoms with E-state index in [1.165, 1.54) is 30.9 Å². The maximum absolute atomic E-state index is 12.9. The zero-order valence-electron chi connectivity index (χ0n) is 17.1. The Balaban J connectivity index is 1.72. The smallest absolute Gasteiger partial charge is 0.329 e. The second-order valence-electron chi connectivity index (χ2n) is 7.01. The lowest BCUT2D eigenvalue weighted by molar-refractivity contribution is -0.157. The lowest BCUT2D eigenvalue weighted by Gasteiger charge is -2.27. The van der Waals surface area contributed by atoms with Crippen LogP contribution >= 0.6 is 0 Å². The number of benzene rings is 2. The van der Waals surface area contributed by atoms with Crippen molar-refractivity contribution in [3.8, 4) is 6.07 Å². The van der Waals surface area contributed by atoms with Crippen LogP contribution in [0.25, 0.3) is 0 Å². The Hall–Kier alpha value is -3.99. The van der Waals surface area contributed by atoms with E-state index in [1.807, 2.05) is 6.07 Å². The largest absolute Gasteiger partial charge is 0.451 e. The first kappa shape index (κ1) is 21.7. The summed E-state index contributed by atoms with van der Waals surface area (Å²) in [5.41, 5.74) is 1.02. The first-order chi connectivity index (χ1) is 14.9. The summed E-state index contributed by atoms with van der Waals surface area (Å²) in [4.78, 5) is 53.0. The van der Waals surface area contributed by atoms with E-state index in [0.717, 1.165) is 4.90 Å². The minimum Gasteiger partial charge on any atom is -0.451 e. The summed E-state index contributed by atoms with van der Waals surface area (Å²) < 4.78 is 5.31. The first-order valence-corrected chi connectivity index (χ1v) is 9.77. The molecule has 0 N–H and O–H groups in total. The van der Waals surface area contributed by atoms with Gasteiger partial charge in [-0.05, 0) is 38.1 Å². The molecule has 0 spiro atoms. The SMILES string of the molecule is C[C@H](OC(=O)[C@H](C)N1C(=O)c2ccccc2C1=O)C(=O)N(CCC#N)c1ccccc1. The molecule has 0 aromatic heterocycles. The third kappa shape index (κ3) is 4.31. The molecular formula is C23H21N3O5. The molecule has 2 aromatic carbocycles. The molecule has 8 nitrogen and oxygen atoms in total. The molecular weight excluding hydrogens is 398 g/mol. The van der Waals surface area contributed by atoms with Gasteiger partial charge in [0.05, 0.1) is 23.6 Å². The summed E-state index contributed by atoms with van der Waals surface area (Å²) >= 11 is 0. The van der Waals surface area contributed by atoms with Gasteiger partial charge in [-0.2, -0.15) is 5.26 Å². The van der Waals surface area contributed by atoms with E-state index < -0.39 is 35.8 Å². The molecule has 0 aliphatic carbocycles. The Morgan fingerprint density at radius 2 is 1.55 bits per heavy atom. The summed E-state index contributed by atoms with van der Waals surface area (Å²) in [6.45, 7) is 2.93. The average Bonchev–Trinajstić information content (AvgIpc) is 3.04. The summed E-state index contributed by atoms with van der Waals surface area (Å²) in [6.07, 6.45) is -1.07. The molecule has 0 unspecified atom stereocenters. The number of ether oxygens (including phenoxy) is 1. The van der Waals surface area contributed by atoms with Gasteiger partial charge in [-0.25, -0.2) is 4.79 Å². The number of para-hydroxylation sites is 1. The van der Waals surface area contributed by atoms with Gasteiger partial charge in [-0.1, -0.05) is 30.3 Å². The van der Waals surface area contributed by atoms with Crippen LogP contribution in [-0.4, -0.2) is 47.3 Å². The van der Waals surface area contributed by atoms with Crippen LogP contribution in [0, 0.1) is 11.3 Å². The number of carbonyl (C=O) groups is 4. The van der Waals surface area contributed by atoms with E-state index >= 15 is 0 Å². The molecule has 0 saturated carbocycles. The highest BCUT2D eigenvalue weighted by Gasteiger charge is 2.42. The van der Waals surface area contributed by atoms with Gasteiger partial charge in [0.15, 0.2) is 6.10 Å².